The fourth-order valence-electron chi connectivity index (χ4n) is 2.82. The van der Waals surface area contributed by atoms with Crippen LogP contribution in [0, 0.1) is 5.82 Å². The van der Waals surface area contributed by atoms with Gasteiger partial charge >= 0.3 is 0 Å². The summed E-state index contributed by atoms with van der Waals surface area (Å²) >= 11 is 0. The van der Waals surface area contributed by atoms with Gasteiger partial charge in [-0.1, -0.05) is 12.1 Å². The molecule has 2 N–H and O–H groups in total. The molecule has 1 aliphatic rings. The molecule has 0 spiro atoms. The van der Waals surface area contributed by atoms with E-state index in [9.17, 15) is 9.18 Å². The lowest BCUT2D eigenvalue weighted by Gasteiger charge is -2.24. The molecule has 1 saturated heterocycles. The van der Waals surface area contributed by atoms with Gasteiger partial charge in [-0.25, -0.2) is 4.39 Å². The van der Waals surface area contributed by atoms with Crippen LogP contribution >= 0.6 is 12.4 Å². The largest absolute Gasteiger partial charge is 0.371 e. The zero-order valence-corrected chi connectivity index (χ0v) is 15.7. The molecule has 0 saturated carbocycles. The van der Waals surface area contributed by atoms with Gasteiger partial charge in [0.15, 0.2) is 5.69 Å². The number of hydrogen-bond donors (Lipinski definition) is 2. The lowest BCUT2D eigenvalue weighted by molar-refractivity contribution is 0.0277. The van der Waals surface area contributed by atoms with Gasteiger partial charge in [0.25, 0.3) is 5.91 Å². The Labute approximate surface area is 167 Å². The van der Waals surface area contributed by atoms with Crippen LogP contribution in [-0.4, -0.2) is 40.6 Å². The number of hydrogen-bond acceptors (Lipinski definition) is 5. The number of ether oxygens (including phenoxy) is 1. The quantitative estimate of drug-likeness (QED) is 0.700. The van der Waals surface area contributed by atoms with Crippen molar-refractivity contribution in [2.24, 2.45) is 0 Å². The second kappa shape index (κ2) is 8.92. The van der Waals surface area contributed by atoms with Gasteiger partial charge in [-0.2, -0.15) is 9.90 Å². The number of benzene rings is 2. The lowest BCUT2D eigenvalue weighted by atomic mass is 10.1. The summed E-state index contributed by atoms with van der Waals surface area (Å²) in [5.41, 5.74) is 2.45. The van der Waals surface area contributed by atoms with Crippen LogP contribution < -0.4 is 10.6 Å². The zero-order valence-electron chi connectivity index (χ0n) is 14.8. The maximum Gasteiger partial charge on any atom is 0.277 e. The molecule has 28 heavy (non-hydrogen) atoms. The first-order chi connectivity index (χ1) is 13.2. The topological polar surface area (TPSA) is 81.1 Å². The SMILES string of the molecule is Cl.O=C(Nc1ccc(C2CNCCO2)cc1)c1cnn(-c2ccc(F)cc2)n1. The maximum atomic E-state index is 13.0. The van der Waals surface area contributed by atoms with E-state index in [2.05, 4.69) is 20.8 Å². The molecule has 9 heteroatoms. The molecule has 0 bridgehead atoms. The molecule has 4 rings (SSSR count). The molecule has 1 aromatic heterocycles. The summed E-state index contributed by atoms with van der Waals surface area (Å²) in [5.74, 6) is -0.714. The van der Waals surface area contributed by atoms with Gasteiger partial charge in [0.1, 0.15) is 5.82 Å². The van der Waals surface area contributed by atoms with Crippen molar-refractivity contribution in [1.82, 2.24) is 20.3 Å². The van der Waals surface area contributed by atoms with Crippen molar-refractivity contribution in [1.29, 1.82) is 0 Å². The third-order valence-corrected chi connectivity index (χ3v) is 4.25. The van der Waals surface area contributed by atoms with E-state index in [1.165, 1.54) is 35.3 Å². The number of carbonyl (C=O) groups is 1. The predicted octanol–water partition coefficient (Wildman–Crippen LogP) is 2.74. The highest BCUT2D eigenvalue weighted by molar-refractivity contribution is 6.02. The van der Waals surface area contributed by atoms with Crippen LogP contribution in [-0.2, 0) is 4.74 Å². The van der Waals surface area contributed by atoms with Crippen LogP contribution in [0.1, 0.15) is 22.2 Å². The average molecular weight is 404 g/mol. The summed E-state index contributed by atoms with van der Waals surface area (Å²) in [6.07, 6.45) is 1.40. The van der Waals surface area contributed by atoms with Gasteiger partial charge in [0, 0.05) is 18.8 Å². The Bertz CT molecular complexity index is 924. The van der Waals surface area contributed by atoms with Gasteiger partial charge in [-0.3, -0.25) is 4.79 Å². The summed E-state index contributed by atoms with van der Waals surface area (Å²) in [7, 11) is 0. The molecular weight excluding hydrogens is 385 g/mol. The predicted molar refractivity (Wildman–Crippen MR) is 105 cm³/mol. The second-order valence-electron chi connectivity index (χ2n) is 6.14. The summed E-state index contributed by atoms with van der Waals surface area (Å²) in [4.78, 5) is 13.7. The van der Waals surface area contributed by atoms with Crippen LogP contribution in [0.25, 0.3) is 5.69 Å². The number of carbonyl (C=O) groups excluding carboxylic acids is 1. The van der Waals surface area contributed by atoms with Crippen molar-refractivity contribution in [2.45, 2.75) is 6.10 Å². The zero-order chi connectivity index (χ0) is 18.6. The monoisotopic (exact) mass is 403 g/mol. The molecule has 1 amide bonds. The van der Waals surface area contributed by atoms with E-state index < -0.39 is 0 Å². The van der Waals surface area contributed by atoms with Gasteiger partial charge in [0.2, 0.25) is 0 Å². The van der Waals surface area contributed by atoms with Crippen molar-refractivity contribution in [3.8, 4) is 5.69 Å². The van der Waals surface area contributed by atoms with E-state index >= 15 is 0 Å². The standard InChI is InChI=1S/C19H18FN5O2.ClH/c20-14-3-7-16(8-4-14)25-22-11-17(24-25)19(26)23-15-5-1-13(2-6-15)18-12-21-9-10-27-18;/h1-8,11,18,21H,9-10,12H2,(H,23,26);1H. The molecule has 1 unspecified atom stereocenters. The first kappa shape index (κ1) is 19.9. The number of rotatable bonds is 4. The number of nitrogens with zero attached hydrogens (tertiary/aromatic N) is 3. The first-order valence-corrected chi connectivity index (χ1v) is 8.61. The number of nitrogens with one attached hydrogen (secondary N) is 2. The minimum Gasteiger partial charge on any atom is -0.371 e. The first-order valence-electron chi connectivity index (χ1n) is 8.61. The van der Waals surface area contributed by atoms with Crippen LogP contribution in [0.15, 0.2) is 54.7 Å². The highest BCUT2D eigenvalue weighted by atomic mass is 35.5. The summed E-state index contributed by atoms with van der Waals surface area (Å²) in [6, 6.07) is 13.2. The smallest absolute Gasteiger partial charge is 0.277 e. The van der Waals surface area contributed by atoms with Gasteiger partial charge in [-0.15, -0.1) is 17.5 Å². The molecule has 146 valence electrons. The number of halogens is 2. The Kier molecular flexibility index (Phi) is 6.35. The number of aromatic nitrogens is 3. The lowest BCUT2D eigenvalue weighted by Crippen LogP contribution is -2.33. The third kappa shape index (κ3) is 4.53. The number of amides is 1. The van der Waals surface area contributed by atoms with E-state index in [4.69, 9.17) is 4.74 Å². The highest BCUT2D eigenvalue weighted by Crippen LogP contribution is 2.21. The van der Waals surface area contributed by atoms with Crippen LogP contribution in [0.2, 0.25) is 0 Å². The number of anilines is 1. The summed E-state index contributed by atoms with van der Waals surface area (Å²) in [6.45, 7) is 2.33. The molecule has 0 radical (unpaired) electrons. The van der Waals surface area contributed by atoms with Crippen molar-refractivity contribution in [2.75, 3.05) is 25.0 Å². The van der Waals surface area contributed by atoms with Crippen molar-refractivity contribution < 1.29 is 13.9 Å². The van der Waals surface area contributed by atoms with Crippen molar-refractivity contribution >= 4 is 24.0 Å². The van der Waals surface area contributed by atoms with Crippen LogP contribution in [0.3, 0.4) is 0 Å². The fourth-order valence-corrected chi connectivity index (χ4v) is 2.82. The van der Waals surface area contributed by atoms with Crippen molar-refractivity contribution in [3.63, 3.8) is 0 Å². The average Bonchev–Trinajstić information content (AvgIpc) is 3.20. The Morgan fingerprint density at radius 3 is 2.61 bits per heavy atom. The molecule has 3 aromatic rings. The molecule has 0 aliphatic carbocycles. The Hall–Kier alpha value is -2.81. The van der Waals surface area contributed by atoms with Gasteiger partial charge < -0.3 is 15.4 Å². The Balaban J connectivity index is 0.00000225. The van der Waals surface area contributed by atoms with Crippen LogP contribution in [0.5, 0.6) is 0 Å². The van der Waals surface area contributed by atoms with Crippen molar-refractivity contribution in [3.05, 3.63) is 71.8 Å². The normalized spacial score (nSPS) is 16.2. The maximum absolute atomic E-state index is 13.0. The third-order valence-electron chi connectivity index (χ3n) is 4.25. The van der Waals surface area contributed by atoms with E-state index in [1.807, 2.05) is 24.3 Å². The molecule has 2 heterocycles. The molecule has 1 aliphatic heterocycles. The minimum absolute atomic E-state index is 0. The second-order valence-corrected chi connectivity index (χ2v) is 6.14. The molecular formula is C19H19ClFN5O2. The highest BCUT2D eigenvalue weighted by Gasteiger charge is 2.16. The van der Waals surface area contributed by atoms with Gasteiger partial charge in [-0.05, 0) is 42.0 Å². The molecule has 1 fully saturated rings. The van der Waals surface area contributed by atoms with Crippen LogP contribution in [0.4, 0.5) is 10.1 Å². The molecule has 2 aromatic carbocycles. The summed E-state index contributed by atoms with van der Waals surface area (Å²) in [5, 5.41) is 14.3. The number of morpholine rings is 1. The van der Waals surface area contributed by atoms with Gasteiger partial charge in [0.05, 0.1) is 24.6 Å². The fraction of sp³-hybridized carbons (Fsp3) is 0.211. The van der Waals surface area contributed by atoms with E-state index in [0.29, 0.717) is 18.0 Å². The van der Waals surface area contributed by atoms with E-state index in [1.54, 1.807) is 0 Å². The Morgan fingerprint density at radius 1 is 1.18 bits per heavy atom. The summed E-state index contributed by atoms with van der Waals surface area (Å²) < 4.78 is 18.7. The molecule has 1 atom stereocenters. The Morgan fingerprint density at radius 2 is 1.93 bits per heavy atom. The molecule has 7 nitrogen and oxygen atoms in total. The van der Waals surface area contributed by atoms with E-state index in [0.717, 1.165) is 18.7 Å². The minimum atomic E-state index is -0.369. The van der Waals surface area contributed by atoms with E-state index in [-0.39, 0.29) is 35.9 Å².